The molecule has 4 amide bonds. The Kier molecular flexibility index (Phi) is 16.0. The quantitative estimate of drug-likeness (QED) is 0.103. The summed E-state index contributed by atoms with van der Waals surface area (Å²) in [7, 11) is 5.19. The summed E-state index contributed by atoms with van der Waals surface area (Å²) in [6.07, 6.45) is 5.14. The molecule has 0 saturated carbocycles. The fourth-order valence-corrected chi connectivity index (χ4v) is 9.76. The minimum Gasteiger partial charge on any atom is -0.464 e. The molecule has 3 unspecified atom stereocenters. The summed E-state index contributed by atoms with van der Waals surface area (Å²) in [4.78, 5) is 78.2. The number of urea groups is 1. The molecule has 7 rings (SSSR count). The van der Waals surface area contributed by atoms with E-state index in [9.17, 15) is 19.2 Å². The van der Waals surface area contributed by atoms with Crippen LogP contribution in [-0.4, -0.2) is 131 Å². The highest BCUT2D eigenvalue weighted by Crippen LogP contribution is 2.42. The van der Waals surface area contributed by atoms with E-state index < -0.39 is 41.3 Å². The molecular weight excluding hydrogens is 847 g/mol. The standard InChI is InChI=1S/C45H61N9O6S.C3H4O/c1-10-53-36-16-15-28-19-31(36)32(40(53)30-13-11-17-47-38(30)27(4)59-9)21-45(5,6)25-60-43(57)33-14-12-18-54(50-33)42(56)34(20-37-48-35(28)24-61-37)49-41(55)39(26(2)3)51(8)44(58)52-22-29(23-52)46-7;1-2-3-4/h11,13,15-17,19,24,26-27,29,33-34,39,46,50H,10,12,14,18,20-23,25H2,1-9H3,(H,49,55);2-3H,1H2/t27?,33-,34?,39?;/m0./s1. The second-order valence-electron chi connectivity index (χ2n) is 18.1. The van der Waals surface area contributed by atoms with Crippen molar-refractivity contribution in [3.8, 4) is 22.5 Å². The molecule has 2 saturated heterocycles. The number of esters is 1. The molecule has 0 spiro atoms. The van der Waals surface area contributed by atoms with Crippen LogP contribution >= 0.6 is 11.3 Å². The number of aromatic nitrogens is 3. The third-order valence-corrected chi connectivity index (χ3v) is 13.3. The number of fused-ring (bicyclic) bond motifs is 6. The number of carbonyl (C=O) groups is 5. The predicted molar refractivity (Wildman–Crippen MR) is 252 cm³/mol. The van der Waals surface area contributed by atoms with Gasteiger partial charge in [0.05, 0.1) is 34.8 Å². The summed E-state index contributed by atoms with van der Waals surface area (Å²) < 4.78 is 14.2. The Morgan fingerprint density at radius 3 is 2.58 bits per heavy atom. The molecule has 3 aliphatic heterocycles. The lowest BCUT2D eigenvalue weighted by Crippen LogP contribution is -2.65. The molecule has 350 valence electrons. The highest BCUT2D eigenvalue weighted by atomic mass is 32.1. The van der Waals surface area contributed by atoms with Gasteiger partial charge < -0.3 is 34.5 Å². The molecule has 2 fully saturated rings. The van der Waals surface area contributed by atoms with Gasteiger partial charge in [-0.15, -0.1) is 11.3 Å². The van der Waals surface area contributed by atoms with Crippen molar-refractivity contribution in [1.82, 2.24) is 45.4 Å². The SMILES string of the molecule is C=CC=O.CCn1c(-c2cccnc2C(C)OC)c2c3cc(ccc31)-c1csc(n1)CC(NC(=O)C(C(C)C)N(C)C(=O)N1CC(NC)C1)C(=O)N1CCC[C@H](N1)C(=O)OCC(C)(C)C2. The number of pyridine rings is 1. The van der Waals surface area contributed by atoms with Gasteiger partial charge in [0, 0.05) is 91.8 Å². The maximum Gasteiger partial charge on any atom is 0.324 e. The van der Waals surface area contributed by atoms with Gasteiger partial charge in [-0.1, -0.05) is 40.3 Å². The van der Waals surface area contributed by atoms with E-state index in [1.54, 1.807) is 25.3 Å². The van der Waals surface area contributed by atoms with Gasteiger partial charge in [0.2, 0.25) is 5.91 Å². The summed E-state index contributed by atoms with van der Waals surface area (Å²) >= 11 is 1.43. The maximum absolute atomic E-state index is 14.5. The highest BCUT2D eigenvalue weighted by molar-refractivity contribution is 7.10. The molecule has 6 heterocycles. The van der Waals surface area contributed by atoms with Crippen molar-refractivity contribution in [2.45, 2.75) is 104 Å². The minimum absolute atomic E-state index is 0.112. The Bertz CT molecular complexity index is 2360. The molecule has 6 bridgehead atoms. The topological polar surface area (TPSA) is 180 Å². The number of benzene rings is 1. The van der Waals surface area contributed by atoms with Crippen molar-refractivity contribution in [3.05, 3.63) is 70.8 Å². The number of methoxy groups -OCH3 is 1. The first-order valence-corrected chi connectivity index (χ1v) is 23.3. The number of allylic oxidation sites excluding steroid dienone is 1. The molecule has 1 aromatic carbocycles. The van der Waals surface area contributed by atoms with E-state index in [4.69, 9.17) is 24.2 Å². The third-order valence-electron chi connectivity index (χ3n) is 12.4. The Hall–Kier alpha value is -5.49. The van der Waals surface area contributed by atoms with Crippen molar-refractivity contribution in [3.63, 3.8) is 0 Å². The number of ether oxygens (including phenoxy) is 2. The van der Waals surface area contributed by atoms with Gasteiger partial charge in [-0.2, -0.15) is 0 Å². The third kappa shape index (κ3) is 10.8. The first-order chi connectivity index (χ1) is 31.1. The number of carbonyl (C=O) groups excluding carboxylic acids is 5. The van der Waals surface area contributed by atoms with Crippen LogP contribution in [0.1, 0.15) is 76.8 Å². The largest absolute Gasteiger partial charge is 0.464 e. The van der Waals surface area contributed by atoms with Crippen molar-refractivity contribution < 1.29 is 33.4 Å². The van der Waals surface area contributed by atoms with E-state index in [1.165, 1.54) is 27.3 Å². The number of thiazole rings is 1. The summed E-state index contributed by atoms with van der Waals surface area (Å²) in [5.74, 6) is -1.51. The molecule has 0 aliphatic carbocycles. The number of aryl methyl sites for hydroxylation is 1. The van der Waals surface area contributed by atoms with Crippen LogP contribution in [-0.2, 0) is 48.0 Å². The van der Waals surface area contributed by atoms with Crippen molar-refractivity contribution in [2.75, 3.05) is 47.4 Å². The highest BCUT2D eigenvalue weighted by Gasteiger charge is 2.40. The van der Waals surface area contributed by atoms with Gasteiger partial charge in [-0.05, 0) is 82.0 Å². The summed E-state index contributed by atoms with van der Waals surface area (Å²) in [6.45, 7) is 17.5. The summed E-state index contributed by atoms with van der Waals surface area (Å²) in [6, 6.07) is 7.79. The number of hydrogen-bond acceptors (Lipinski definition) is 12. The molecule has 17 heteroatoms. The van der Waals surface area contributed by atoms with Crippen LogP contribution in [0.5, 0.6) is 0 Å². The molecule has 3 aromatic heterocycles. The molecule has 65 heavy (non-hydrogen) atoms. The Balaban J connectivity index is 0.00000168. The van der Waals surface area contributed by atoms with Crippen LogP contribution in [0.25, 0.3) is 33.4 Å². The Labute approximate surface area is 386 Å². The van der Waals surface area contributed by atoms with Crippen LogP contribution in [0.2, 0.25) is 0 Å². The Morgan fingerprint density at radius 2 is 1.92 bits per heavy atom. The number of rotatable bonds is 10. The smallest absolute Gasteiger partial charge is 0.324 e. The van der Waals surface area contributed by atoms with Gasteiger partial charge in [0.15, 0.2) is 0 Å². The lowest BCUT2D eigenvalue weighted by Gasteiger charge is -2.43. The molecule has 16 nitrogen and oxygen atoms in total. The van der Waals surface area contributed by atoms with Gasteiger partial charge in [-0.25, -0.2) is 15.2 Å². The lowest BCUT2D eigenvalue weighted by atomic mass is 9.84. The average molecular weight is 912 g/mol. The molecule has 4 aromatic rings. The monoisotopic (exact) mass is 911 g/mol. The van der Waals surface area contributed by atoms with Crippen LogP contribution in [0, 0.1) is 11.3 Å². The van der Waals surface area contributed by atoms with Gasteiger partial charge in [0.25, 0.3) is 5.91 Å². The van der Waals surface area contributed by atoms with E-state index in [0.29, 0.717) is 56.7 Å². The number of hydrazine groups is 1. The first kappa shape index (κ1) is 49.0. The maximum atomic E-state index is 14.5. The van der Waals surface area contributed by atoms with E-state index >= 15 is 0 Å². The zero-order valence-electron chi connectivity index (χ0n) is 39.2. The number of cyclic esters (lactones) is 1. The number of hydrogen-bond donors (Lipinski definition) is 3. The molecule has 3 N–H and O–H groups in total. The minimum atomic E-state index is -1.03. The Morgan fingerprint density at radius 1 is 1.18 bits per heavy atom. The van der Waals surface area contributed by atoms with Crippen LogP contribution in [0.4, 0.5) is 4.79 Å². The number of aldehydes is 1. The zero-order valence-corrected chi connectivity index (χ0v) is 40.0. The summed E-state index contributed by atoms with van der Waals surface area (Å²) in [5, 5.41) is 11.4. The molecule has 0 radical (unpaired) electrons. The van der Waals surface area contributed by atoms with Crippen LogP contribution < -0.4 is 16.1 Å². The van der Waals surface area contributed by atoms with Crippen molar-refractivity contribution in [2.24, 2.45) is 11.3 Å². The second-order valence-corrected chi connectivity index (χ2v) is 19.1. The number of likely N-dealkylation sites (N-methyl/N-ethyl adjacent to an activating group) is 2. The van der Waals surface area contributed by atoms with Crippen LogP contribution in [0.3, 0.4) is 0 Å². The second kappa shape index (κ2) is 21.2. The number of nitrogens with one attached hydrogen (secondary N) is 3. The van der Waals surface area contributed by atoms with Crippen LogP contribution in [0.15, 0.2) is 54.6 Å². The predicted octanol–water partition coefficient (Wildman–Crippen LogP) is 5.55. The molecular formula is C48H65N9O7S. The normalized spacial score (nSPS) is 19.8. The van der Waals surface area contributed by atoms with Crippen molar-refractivity contribution in [1.29, 1.82) is 0 Å². The van der Waals surface area contributed by atoms with E-state index in [1.807, 2.05) is 39.3 Å². The van der Waals surface area contributed by atoms with E-state index in [2.05, 4.69) is 72.2 Å². The van der Waals surface area contributed by atoms with Crippen molar-refractivity contribution >= 4 is 52.3 Å². The number of likely N-dealkylation sites (tertiary alicyclic amines) is 1. The van der Waals surface area contributed by atoms with Gasteiger partial charge in [-0.3, -0.25) is 29.2 Å². The zero-order chi connectivity index (χ0) is 47.2. The van der Waals surface area contributed by atoms with Gasteiger partial charge >= 0.3 is 12.0 Å². The fourth-order valence-electron chi connectivity index (χ4n) is 8.91. The fraction of sp³-hybridized carbons (Fsp3) is 0.521. The first-order valence-electron chi connectivity index (χ1n) is 22.4. The van der Waals surface area contributed by atoms with Gasteiger partial charge in [0.1, 0.15) is 24.4 Å². The van der Waals surface area contributed by atoms with E-state index in [-0.39, 0.29) is 37.1 Å². The number of nitrogens with zero attached hydrogens (tertiary/aromatic N) is 6. The molecule has 4 atom stereocenters. The number of amides is 4. The lowest BCUT2D eigenvalue weighted by molar-refractivity contribution is -0.155. The average Bonchev–Trinajstić information content (AvgIpc) is 3.88. The summed E-state index contributed by atoms with van der Waals surface area (Å²) in [5.41, 5.74) is 9.38. The molecule has 3 aliphatic rings. The van der Waals surface area contributed by atoms with E-state index in [0.717, 1.165) is 44.7 Å².